The largest absolute Gasteiger partial charge is 0.460 e. The molecule has 3 aliphatic heterocycles. The average Bonchev–Trinajstić information content (AvgIpc) is 3.75. The number of sulfonamides is 1. The standard InChI is InChI=1S/C41H42N3O3S/c1-3-5-24-42(4-2)48(45,46)40-17-11-8-14-35(40)41-33-20-18-31(43-25-22-29-12-6-9-15-36(29)43)27-38(33)47-39-28-32(19-21-34(39)41)44-26-23-30-13-7-10-16-37(30)44/h6-21,27-28,33,41H,3-5,22-26H2,1-2H3/q+1. The fraction of sp³-hybridized carbons (Fsp3) is 0.293. The highest BCUT2D eigenvalue weighted by Gasteiger charge is 2.41. The summed E-state index contributed by atoms with van der Waals surface area (Å²) < 4.78 is 39.6. The molecule has 0 spiro atoms. The number of benzene rings is 4. The Morgan fingerprint density at radius 2 is 1.69 bits per heavy atom. The van der Waals surface area contributed by atoms with Crippen LogP contribution < -0.4 is 9.64 Å². The molecule has 6 nitrogen and oxygen atoms in total. The van der Waals surface area contributed by atoms with E-state index in [1.54, 1.807) is 10.4 Å². The van der Waals surface area contributed by atoms with Crippen molar-refractivity contribution in [2.75, 3.05) is 31.1 Å². The van der Waals surface area contributed by atoms with Crippen LogP contribution in [0.5, 0.6) is 5.75 Å². The van der Waals surface area contributed by atoms with Gasteiger partial charge in [-0.2, -0.15) is 8.88 Å². The Morgan fingerprint density at radius 3 is 2.54 bits per heavy atom. The van der Waals surface area contributed by atoms with Crippen LogP contribution >= 0.6 is 0 Å². The van der Waals surface area contributed by atoms with Gasteiger partial charge < -0.3 is 9.64 Å². The highest BCUT2D eigenvalue weighted by atomic mass is 32.2. The first-order chi connectivity index (χ1) is 23.5. The van der Waals surface area contributed by atoms with E-state index in [9.17, 15) is 8.42 Å². The van der Waals surface area contributed by atoms with E-state index in [4.69, 9.17) is 4.74 Å². The third-order valence-electron chi connectivity index (χ3n) is 10.4. The molecular weight excluding hydrogens is 615 g/mol. The lowest BCUT2D eigenvalue weighted by Crippen LogP contribution is -2.34. The molecule has 0 aromatic heterocycles. The van der Waals surface area contributed by atoms with E-state index >= 15 is 0 Å². The van der Waals surface area contributed by atoms with E-state index < -0.39 is 10.0 Å². The summed E-state index contributed by atoms with van der Waals surface area (Å²) in [7, 11) is -3.73. The van der Waals surface area contributed by atoms with Crippen molar-refractivity contribution in [3.05, 3.63) is 137 Å². The molecule has 2 unspecified atom stereocenters. The quantitative estimate of drug-likeness (QED) is 0.180. The van der Waals surface area contributed by atoms with Crippen LogP contribution in [-0.2, 0) is 22.9 Å². The van der Waals surface area contributed by atoms with Gasteiger partial charge in [0.25, 0.3) is 0 Å². The van der Waals surface area contributed by atoms with Gasteiger partial charge in [0, 0.05) is 84.7 Å². The normalized spacial score (nSPS) is 21.0. The SMILES string of the molecule is CCCCN(CC)S(=O)(=O)c1ccccc1C1c2ccc(N3CCc4ccccc43)cc2OC2=CC(=[N+]3CCc4ccccc43)C=CC21. The van der Waals surface area contributed by atoms with Crippen molar-refractivity contribution in [1.29, 1.82) is 0 Å². The summed E-state index contributed by atoms with van der Waals surface area (Å²) in [6.45, 7) is 6.80. The van der Waals surface area contributed by atoms with Gasteiger partial charge in [-0.25, -0.2) is 8.42 Å². The maximum absolute atomic E-state index is 14.3. The summed E-state index contributed by atoms with van der Waals surface area (Å²) in [6, 6.07) is 31.3. The first-order valence-electron chi connectivity index (χ1n) is 17.4. The van der Waals surface area contributed by atoms with E-state index in [1.165, 1.54) is 22.5 Å². The van der Waals surface area contributed by atoms with Crippen molar-refractivity contribution in [3.8, 4) is 5.75 Å². The summed E-state index contributed by atoms with van der Waals surface area (Å²) in [4.78, 5) is 2.74. The summed E-state index contributed by atoms with van der Waals surface area (Å²) in [5, 5.41) is 0. The van der Waals surface area contributed by atoms with Crippen LogP contribution in [0.3, 0.4) is 0 Å². The number of fused-ring (bicyclic) bond motifs is 4. The highest BCUT2D eigenvalue weighted by Crippen LogP contribution is 2.50. The Labute approximate surface area is 284 Å². The molecule has 0 N–H and O–H groups in total. The molecule has 0 radical (unpaired) electrons. The topological polar surface area (TPSA) is 52.9 Å². The zero-order valence-corrected chi connectivity index (χ0v) is 28.5. The van der Waals surface area contributed by atoms with E-state index in [1.807, 2.05) is 25.1 Å². The molecule has 4 aliphatic rings. The second kappa shape index (κ2) is 12.5. The summed E-state index contributed by atoms with van der Waals surface area (Å²) in [5.74, 6) is 1.24. The maximum atomic E-state index is 14.3. The third-order valence-corrected chi connectivity index (χ3v) is 12.4. The molecule has 244 valence electrons. The molecule has 0 amide bonds. The van der Waals surface area contributed by atoms with Gasteiger partial charge >= 0.3 is 0 Å². The maximum Gasteiger partial charge on any atom is 0.243 e. The first kappa shape index (κ1) is 30.8. The van der Waals surface area contributed by atoms with Gasteiger partial charge in [0.15, 0.2) is 6.54 Å². The molecule has 8 rings (SSSR count). The van der Waals surface area contributed by atoms with Gasteiger partial charge in [0.05, 0.1) is 4.90 Å². The molecule has 3 heterocycles. The number of allylic oxidation sites excluding steroid dienone is 3. The van der Waals surface area contributed by atoms with Gasteiger partial charge in [0.2, 0.25) is 21.4 Å². The zero-order chi connectivity index (χ0) is 32.8. The number of rotatable bonds is 8. The van der Waals surface area contributed by atoms with E-state index in [-0.39, 0.29) is 11.8 Å². The predicted molar refractivity (Wildman–Crippen MR) is 193 cm³/mol. The Balaban J connectivity index is 1.27. The first-order valence-corrected chi connectivity index (χ1v) is 18.8. The van der Waals surface area contributed by atoms with Crippen LogP contribution in [-0.4, -0.2) is 49.2 Å². The number of anilines is 2. The van der Waals surface area contributed by atoms with E-state index in [0.29, 0.717) is 18.0 Å². The molecule has 0 saturated carbocycles. The lowest BCUT2D eigenvalue weighted by atomic mass is 9.75. The third kappa shape index (κ3) is 5.20. The Hall–Kier alpha value is -4.46. The average molecular weight is 657 g/mol. The second-order valence-corrected chi connectivity index (χ2v) is 15.0. The molecule has 1 aliphatic carbocycles. The van der Waals surface area contributed by atoms with Crippen molar-refractivity contribution in [2.45, 2.75) is 50.3 Å². The zero-order valence-electron chi connectivity index (χ0n) is 27.7. The molecular formula is C41H42N3O3S+. The number of unbranched alkanes of at least 4 members (excludes halogenated alkanes) is 1. The Kier molecular flexibility index (Phi) is 8.05. The molecule has 4 aromatic rings. The van der Waals surface area contributed by atoms with Crippen LogP contribution in [0, 0.1) is 5.92 Å². The Bertz CT molecular complexity index is 2100. The van der Waals surface area contributed by atoms with E-state index in [0.717, 1.165) is 72.8 Å². The van der Waals surface area contributed by atoms with Gasteiger partial charge in [-0.15, -0.1) is 0 Å². The van der Waals surface area contributed by atoms with Crippen molar-refractivity contribution in [1.82, 2.24) is 4.31 Å². The van der Waals surface area contributed by atoms with Gasteiger partial charge in [-0.1, -0.05) is 87.0 Å². The van der Waals surface area contributed by atoms with Crippen LogP contribution in [0.15, 0.2) is 120 Å². The molecule has 4 aromatic carbocycles. The fourth-order valence-electron chi connectivity index (χ4n) is 7.95. The van der Waals surface area contributed by atoms with Crippen LogP contribution in [0.4, 0.5) is 17.1 Å². The minimum Gasteiger partial charge on any atom is -0.460 e. The molecule has 0 fully saturated rings. The lowest BCUT2D eigenvalue weighted by Gasteiger charge is -2.37. The van der Waals surface area contributed by atoms with Gasteiger partial charge in [0.1, 0.15) is 11.5 Å². The van der Waals surface area contributed by atoms with Crippen molar-refractivity contribution >= 4 is 32.8 Å². The minimum atomic E-state index is -3.73. The van der Waals surface area contributed by atoms with Crippen LogP contribution in [0.1, 0.15) is 54.9 Å². The van der Waals surface area contributed by atoms with Crippen molar-refractivity contribution in [3.63, 3.8) is 0 Å². The molecule has 0 saturated heterocycles. The van der Waals surface area contributed by atoms with E-state index in [2.05, 4.69) is 101 Å². The number of hydrogen-bond donors (Lipinski definition) is 0. The lowest BCUT2D eigenvalue weighted by molar-refractivity contribution is -0.427. The minimum absolute atomic E-state index is 0.153. The number of nitrogens with zero attached hydrogens (tertiary/aromatic N) is 3. The van der Waals surface area contributed by atoms with Crippen LogP contribution in [0.2, 0.25) is 0 Å². The summed E-state index contributed by atoms with van der Waals surface area (Å²) >= 11 is 0. The predicted octanol–water partition coefficient (Wildman–Crippen LogP) is 8.13. The number of hydrogen-bond acceptors (Lipinski definition) is 4. The molecule has 0 bridgehead atoms. The Morgan fingerprint density at radius 1 is 0.896 bits per heavy atom. The van der Waals surface area contributed by atoms with Crippen molar-refractivity contribution < 1.29 is 17.7 Å². The van der Waals surface area contributed by atoms with Gasteiger partial charge in [-0.05, 0) is 42.2 Å². The highest BCUT2D eigenvalue weighted by molar-refractivity contribution is 7.89. The summed E-state index contributed by atoms with van der Waals surface area (Å²) in [6.07, 6.45) is 10.4. The molecule has 48 heavy (non-hydrogen) atoms. The van der Waals surface area contributed by atoms with Gasteiger partial charge in [-0.3, -0.25) is 0 Å². The number of para-hydroxylation sites is 2. The summed E-state index contributed by atoms with van der Waals surface area (Å²) in [5.41, 5.74) is 9.16. The molecule has 2 atom stereocenters. The van der Waals surface area contributed by atoms with Crippen LogP contribution in [0.25, 0.3) is 0 Å². The monoisotopic (exact) mass is 656 g/mol. The second-order valence-electron chi connectivity index (χ2n) is 13.1. The molecule has 7 heteroatoms. The smallest absolute Gasteiger partial charge is 0.243 e. The van der Waals surface area contributed by atoms with Crippen molar-refractivity contribution in [2.24, 2.45) is 5.92 Å². The fourth-order valence-corrected chi connectivity index (χ4v) is 9.68. The number of ether oxygens (including phenoxy) is 1.